The number of aliphatic hydroxyl groups excluding tert-OH is 1. The van der Waals surface area contributed by atoms with Gasteiger partial charge in [-0.15, -0.1) is 0 Å². The van der Waals surface area contributed by atoms with Crippen molar-refractivity contribution < 1.29 is 5.11 Å². The summed E-state index contributed by atoms with van der Waals surface area (Å²) in [7, 11) is 0. The molecule has 0 aromatic carbocycles. The molecule has 0 unspecified atom stereocenters. The summed E-state index contributed by atoms with van der Waals surface area (Å²) in [5.74, 6) is 0.861. The Morgan fingerprint density at radius 3 is 2.40 bits per heavy atom. The first-order valence-electron chi connectivity index (χ1n) is 1.51. The molecule has 0 heterocycles. The van der Waals surface area contributed by atoms with E-state index in [-0.39, 0.29) is 0 Å². The van der Waals surface area contributed by atoms with Gasteiger partial charge in [0.05, 0.1) is 6.61 Å². The van der Waals surface area contributed by atoms with Crippen molar-refractivity contribution in [2.75, 3.05) is 18.6 Å². The molecule has 0 fully saturated rings. The van der Waals surface area contributed by atoms with Crippen LogP contribution in [0.2, 0.25) is 0 Å². The lowest BCUT2D eigenvalue weighted by molar-refractivity contribution is 0.322. The lowest BCUT2D eigenvalue weighted by Gasteiger charge is -1.80. The number of thioether (sulfide) groups is 1. The van der Waals surface area contributed by atoms with Crippen molar-refractivity contribution >= 4 is 11.8 Å². The normalized spacial score (nSPS) is 8.40. The van der Waals surface area contributed by atoms with Crippen molar-refractivity contribution in [2.45, 2.75) is 0 Å². The van der Waals surface area contributed by atoms with E-state index >= 15 is 0 Å². The van der Waals surface area contributed by atoms with Crippen molar-refractivity contribution in [2.24, 2.45) is 0 Å². The zero-order chi connectivity index (χ0) is 4.12. The largest absolute Gasteiger partial charge is 0.396 e. The molecule has 1 N–H and O–H groups in total. The van der Waals surface area contributed by atoms with Crippen LogP contribution in [0.3, 0.4) is 0 Å². The fraction of sp³-hybridized carbons (Fsp3) is 1.00. The molecule has 0 aliphatic heterocycles. The predicted octanol–water partition coefficient (Wildman–Crippen LogP) is 0.342. The number of aliphatic hydroxyl groups is 1. The molecule has 0 radical (unpaired) electrons. The molecule has 0 saturated heterocycles. The SMILES string of the molecule is [13CH3]SCCO. The van der Waals surface area contributed by atoms with Crippen molar-refractivity contribution in [3.05, 3.63) is 0 Å². The maximum atomic E-state index is 8.05. The molecular weight excluding hydrogens is 85.1 g/mol. The van der Waals surface area contributed by atoms with Crippen LogP contribution in [0, 0.1) is 0 Å². The third kappa shape index (κ3) is 4.31. The van der Waals surface area contributed by atoms with E-state index in [9.17, 15) is 0 Å². The first-order chi connectivity index (χ1) is 2.41. The highest BCUT2D eigenvalue weighted by Crippen LogP contribution is 1.85. The monoisotopic (exact) mass is 93.0 g/mol. The summed E-state index contributed by atoms with van der Waals surface area (Å²) >= 11 is 1.65. The summed E-state index contributed by atoms with van der Waals surface area (Å²) in [4.78, 5) is 0. The van der Waals surface area contributed by atoms with E-state index in [1.165, 1.54) is 0 Å². The van der Waals surface area contributed by atoms with Crippen molar-refractivity contribution in [1.82, 2.24) is 0 Å². The highest BCUT2D eigenvalue weighted by molar-refractivity contribution is 7.98. The average Bonchev–Trinajstić information content (AvgIpc) is 1.41. The fourth-order valence-corrected chi connectivity index (χ4v) is 0.274. The lowest BCUT2D eigenvalue weighted by Crippen LogP contribution is -1.81. The van der Waals surface area contributed by atoms with E-state index in [1.54, 1.807) is 11.8 Å². The van der Waals surface area contributed by atoms with Gasteiger partial charge in [-0.1, -0.05) is 0 Å². The molecule has 0 saturated carbocycles. The van der Waals surface area contributed by atoms with Crippen LogP contribution in [0.4, 0.5) is 0 Å². The topological polar surface area (TPSA) is 20.2 Å². The second-order valence-electron chi connectivity index (χ2n) is 0.716. The molecule has 0 aliphatic carbocycles. The summed E-state index contributed by atoms with van der Waals surface area (Å²) in [5.41, 5.74) is 0. The minimum atomic E-state index is 0.307. The highest BCUT2D eigenvalue weighted by atomic mass is 32.2. The lowest BCUT2D eigenvalue weighted by atomic mass is 10.9. The van der Waals surface area contributed by atoms with E-state index in [0.29, 0.717) is 6.61 Å². The second kappa shape index (κ2) is 4.31. The van der Waals surface area contributed by atoms with Crippen LogP contribution in [0.5, 0.6) is 0 Å². The van der Waals surface area contributed by atoms with Gasteiger partial charge in [-0.3, -0.25) is 0 Å². The summed E-state index contributed by atoms with van der Waals surface area (Å²) in [6, 6.07) is 0. The van der Waals surface area contributed by atoms with Crippen molar-refractivity contribution in [3.63, 3.8) is 0 Å². The molecule has 0 atom stereocenters. The van der Waals surface area contributed by atoms with Crippen LogP contribution in [-0.2, 0) is 0 Å². The van der Waals surface area contributed by atoms with E-state index in [2.05, 4.69) is 0 Å². The molecule has 0 bridgehead atoms. The molecule has 0 aromatic rings. The Morgan fingerprint density at radius 2 is 2.40 bits per heavy atom. The number of hydrogen-bond donors (Lipinski definition) is 1. The summed E-state index contributed by atoms with van der Waals surface area (Å²) in [5, 5.41) is 8.05. The molecule has 5 heavy (non-hydrogen) atoms. The Balaban J connectivity index is 2.19. The van der Waals surface area contributed by atoms with Gasteiger partial charge in [-0.05, 0) is 6.26 Å². The van der Waals surface area contributed by atoms with Gasteiger partial charge in [0.15, 0.2) is 0 Å². The van der Waals surface area contributed by atoms with Crippen molar-refractivity contribution in [1.29, 1.82) is 0 Å². The maximum absolute atomic E-state index is 8.05. The molecule has 1 nitrogen and oxygen atoms in total. The van der Waals surface area contributed by atoms with Gasteiger partial charge in [0.25, 0.3) is 0 Å². The molecule has 0 aromatic heterocycles. The van der Waals surface area contributed by atoms with E-state index in [0.717, 1.165) is 5.75 Å². The quantitative estimate of drug-likeness (QED) is 0.497. The number of rotatable bonds is 2. The molecule has 0 spiro atoms. The third-order valence-electron chi connectivity index (χ3n) is 0.295. The Kier molecular flexibility index (Phi) is 4.58. The molecule has 0 amide bonds. The Morgan fingerprint density at radius 1 is 1.80 bits per heavy atom. The van der Waals surface area contributed by atoms with Gasteiger partial charge in [0.1, 0.15) is 0 Å². The molecule has 0 aliphatic rings. The smallest absolute Gasteiger partial charge is 0.0521 e. The molecule has 2 heteroatoms. The summed E-state index contributed by atoms with van der Waals surface area (Å²) in [6.45, 7) is 0.307. The summed E-state index contributed by atoms with van der Waals surface area (Å²) < 4.78 is 0. The predicted molar refractivity (Wildman–Crippen MR) is 25.5 cm³/mol. The van der Waals surface area contributed by atoms with Gasteiger partial charge in [-0.25, -0.2) is 0 Å². The summed E-state index contributed by atoms with van der Waals surface area (Å²) in [6.07, 6.45) is 1.97. The Bertz CT molecular complexity index is 14.4. The van der Waals surface area contributed by atoms with Gasteiger partial charge < -0.3 is 5.11 Å². The Labute approximate surface area is 36.4 Å². The van der Waals surface area contributed by atoms with E-state index in [1.807, 2.05) is 6.26 Å². The third-order valence-corrected chi connectivity index (χ3v) is 0.886. The van der Waals surface area contributed by atoms with Crippen LogP contribution in [0.1, 0.15) is 0 Å². The average molecular weight is 93.2 g/mol. The van der Waals surface area contributed by atoms with E-state index < -0.39 is 0 Å². The fourth-order valence-electron chi connectivity index (χ4n) is 0.0913. The van der Waals surface area contributed by atoms with Crippen LogP contribution in [0.25, 0.3) is 0 Å². The number of hydrogen-bond acceptors (Lipinski definition) is 2. The van der Waals surface area contributed by atoms with Gasteiger partial charge in [0, 0.05) is 5.75 Å². The first kappa shape index (κ1) is 5.31. The molecular formula is C3H8OS. The van der Waals surface area contributed by atoms with E-state index in [4.69, 9.17) is 5.11 Å². The zero-order valence-corrected chi connectivity index (χ0v) is 4.09. The van der Waals surface area contributed by atoms with Crippen LogP contribution in [0.15, 0.2) is 0 Å². The van der Waals surface area contributed by atoms with Gasteiger partial charge >= 0.3 is 0 Å². The molecule has 0 rings (SSSR count). The van der Waals surface area contributed by atoms with Crippen LogP contribution < -0.4 is 0 Å². The standard InChI is InChI=1S/C3H8OS/c1-5-3-2-4/h4H,2-3H2,1H3/i1+1. The maximum Gasteiger partial charge on any atom is 0.0521 e. The van der Waals surface area contributed by atoms with Crippen LogP contribution in [-0.4, -0.2) is 23.7 Å². The minimum absolute atomic E-state index is 0.307. The highest BCUT2D eigenvalue weighted by Gasteiger charge is 1.68. The van der Waals surface area contributed by atoms with Gasteiger partial charge in [0.2, 0.25) is 0 Å². The van der Waals surface area contributed by atoms with Crippen molar-refractivity contribution in [3.8, 4) is 0 Å². The Hall–Kier alpha value is 0.310. The first-order valence-corrected chi connectivity index (χ1v) is 2.91. The van der Waals surface area contributed by atoms with Crippen LogP contribution >= 0.6 is 11.8 Å². The molecule has 32 valence electrons. The van der Waals surface area contributed by atoms with Gasteiger partial charge in [-0.2, -0.15) is 11.8 Å². The second-order valence-corrected chi connectivity index (χ2v) is 1.70. The zero-order valence-electron chi connectivity index (χ0n) is 3.27. The minimum Gasteiger partial charge on any atom is -0.396 e.